The van der Waals surface area contributed by atoms with Gasteiger partial charge in [-0.1, -0.05) is 47.0 Å². The average molecular weight is 300 g/mol. The van der Waals surface area contributed by atoms with Gasteiger partial charge in [0.15, 0.2) is 0 Å². The lowest BCUT2D eigenvalue weighted by Crippen LogP contribution is -2.00. The fraction of sp³-hybridized carbons (Fsp3) is 0.600. The van der Waals surface area contributed by atoms with Crippen LogP contribution >= 0.6 is 0 Å². The molecule has 0 saturated heterocycles. The van der Waals surface area contributed by atoms with Gasteiger partial charge in [-0.15, -0.1) is 0 Å². The highest BCUT2D eigenvalue weighted by atomic mass is 14.9. The molecule has 3 N–H and O–H groups in total. The second-order valence-corrected chi connectivity index (χ2v) is 6.30. The summed E-state index contributed by atoms with van der Waals surface area (Å²) in [6.07, 6.45) is 9.55. The molecule has 0 fully saturated rings. The summed E-state index contributed by atoms with van der Waals surface area (Å²) >= 11 is 0. The number of hydrogen-bond donors (Lipinski definition) is 2. The second kappa shape index (κ2) is 7.71. The Morgan fingerprint density at radius 3 is 2.18 bits per heavy atom. The molecule has 2 heteroatoms. The lowest BCUT2D eigenvalue weighted by atomic mass is 9.90. The predicted molar refractivity (Wildman–Crippen MR) is 98.7 cm³/mol. The van der Waals surface area contributed by atoms with Gasteiger partial charge >= 0.3 is 0 Å². The van der Waals surface area contributed by atoms with Crippen LogP contribution in [0.25, 0.3) is 10.9 Å². The molecule has 0 atom stereocenters. The van der Waals surface area contributed by atoms with Crippen LogP contribution in [0.2, 0.25) is 0 Å². The summed E-state index contributed by atoms with van der Waals surface area (Å²) in [6, 6.07) is 2.33. The number of aromatic amines is 1. The highest BCUT2D eigenvalue weighted by molar-refractivity contribution is 5.93. The van der Waals surface area contributed by atoms with E-state index in [1.807, 2.05) is 0 Å². The first-order valence-corrected chi connectivity index (χ1v) is 9.11. The number of unbranched alkanes of at least 4 members (excludes halogenated alkanes) is 3. The molecule has 0 spiro atoms. The van der Waals surface area contributed by atoms with Crippen molar-refractivity contribution < 1.29 is 0 Å². The normalized spacial score (nSPS) is 11.5. The SMILES string of the molecule is CCCCCCc1c(N)[nH]c2cc(CC)c(CC)c(CC)c12. The fourth-order valence-electron chi connectivity index (χ4n) is 3.77. The molecule has 0 aliphatic heterocycles. The van der Waals surface area contributed by atoms with Gasteiger partial charge in [0.2, 0.25) is 0 Å². The number of anilines is 1. The van der Waals surface area contributed by atoms with Crippen molar-refractivity contribution in [3.8, 4) is 0 Å². The largest absolute Gasteiger partial charge is 0.385 e. The second-order valence-electron chi connectivity index (χ2n) is 6.30. The van der Waals surface area contributed by atoms with Crippen LogP contribution in [-0.4, -0.2) is 4.98 Å². The van der Waals surface area contributed by atoms with Gasteiger partial charge in [-0.2, -0.15) is 0 Å². The Bertz CT molecular complexity index is 622. The van der Waals surface area contributed by atoms with Crippen LogP contribution in [0.3, 0.4) is 0 Å². The first-order chi connectivity index (χ1) is 10.7. The van der Waals surface area contributed by atoms with Crippen LogP contribution < -0.4 is 5.73 Å². The molecule has 0 amide bonds. The molecule has 22 heavy (non-hydrogen) atoms. The number of aromatic nitrogens is 1. The minimum absolute atomic E-state index is 0.886. The van der Waals surface area contributed by atoms with Gasteiger partial charge in [0.05, 0.1) is 0 Å². The molecule has 2 aromatic rings. The molecule has 2 rings (SSSR count). The Kier molecular flexibility index (Phi) is 5.93. The van der Waals surface area contributed by atoms with E-state index in [0.29, 0.717) is 0 Å². The number of rotatable bonds is 8. The number of nitrogens with one attached hydrogen (secondary N) is 1. The summed E-state index contributed by atoms with van der Waals surface area (Å²) < 4.78 is 0. The minimum atomic E-state index is 0.886. The molecule has 0 saturated carbocycles. The molecule has 1 heterocycles. The third-order valence-electron chi connectivity index (χ3n) is 4.91. The van der Waals surface area contributed by atoms with E-state index >= 15 is 0 Å². The van der Waals surface area contributed by atoms with Gasteiger partial charge in [0, 0.05) is 16.5 Å². The Hall–Kier alpha value is -1.44. The summed E-state index contributed by atoms with van der Waals surface area (Å²) in [4.78, 5) is 3.45. The van der Waals surface area contributed by atoms with Gasteiger partial charge in [-0.25, -0.2) is 0 Å². The molecule has 2 nitrogen and oxygen atoms in total. The zero-order valence-corrected chi connectivity index (χ0v) is 14.8. The highest BCUT2D eigenvalue weighted by Gasteiger charge is 2.17. The number of nitrogens with two attached hydrogens (primary N) is 1. The van der Waals surface area contributed by atoms with E-state index in [1.54, 1.807) is 5.56 Å². The molecule has 0 aliphatic rings. The lowest BCUT2D eigenvalue weighted by molar-refractivity contribution is 0.668. The summed E-state index contributed by atoms with van der Waals surface area (Å²) in [6.45, 7) is 9.06. The quantitative estimate of drug-likeness (QED) is 0.616. The van der Waals surface area contributed by atoms with Gasteiger partial charge in [-0.05, 0) is 54.9 Å². The average Bonchev–Trinajstić information content (AvgIpc) is 2.84. The van der Waals surface area contributed by atoms with E-state index in [1.165, 1.54) is 53.3 Å². The molecule has 0 unspecified atom stereocenters. The zero-order chi connectivity index (χ0) is 16.1. The van der Waals surface area contributed by atoms with E-state index in [4.69, 9.17) is 5.73 Å². The summed E-state index contributed by atoms with van der Waals surface area (Å²) in [5, 5.41) is 1.42. The number of hydrogen-bond acceptors (Lipinski definition) is 1. The van der Waals surface area contributed by atoms with Gasteiger partial charge in [0.25, 0.3) is 0 Å². The molecule has 0 aliphatic carbocycles. The van der Waals surface area contributed by atoms with E-state index in [9.17, 15) is 0 Å². The number of fused-ring (bicyclic) bond motifs is 1. The first kappa shape index (κ1) is 16.9. The van der Waals surface area contributed by atoms with Crippen molar-refractivity contribution in [3.63, 3.8) is 0 Å². The van der Waals surface area contributed by atoms with Crippen LogP contribution in [0.15, 0.2) is 6.07 Å². The van der Waals surface area contributed by atoms with E-state index < -0.39 is 0 Å². The van der Waals surface area contributed by atoms with Crippen LogP contribution in [-0.2, 0) is 25.7 Å². The molecular formula is C20H32N2. The Morgan fingerprint density at radius 2 is 1.59 bits per heavy atom. The smallest absolute Gasteiger partial charge is 0.104 e. The van der Waals surface area contributed by atoms with E-state index in [0.717, 1.165) is 31.5 Å². The molecular weight excluding hydrogens is 268 g/mol. The van der Waals surface area contributed by atoms with Crippen LogP contribution in [0, 0.1) is 0 Å². The Morgan fingerprint density at radius 1 is 0.864 bits per heavy atom. The van der Waals surface area contributed by atoms with Gasteiger partial charge in [0.1, 0.15) is 5.82 Å². The predicted octanol–water partition coefficient (Wildman–Crippen LogP) is 5.56. The number of H-pyrrole nitrogens is 1. The van der Waals surface area contributed by atoms with E-state index in [-0.39, 0.29) is 0 Å². The molecule has 122 valence electrons. The third-order valence-corrected chi connectivity index (χ3v) is 4.91. The third kappa shape index (κ3) is 3.16. The van der Waals surface area contributed by atoms with Crippen molar-refractivity contribution in [2.45, 2.75) is 79.1 Å². The Labute approximate surface area is 135 Å². The van der Waals surface area contributed by atoms with Crippen molar-refractivity contribution in [3.05, 3.63) is 28.3 Å². The monoisotopic (exact) mass is 300 g/mol. The molecule has 1 aromatic heterocycles. The van der Waals surface area contributed by atoms with E-state index in [2.05, 4.69) is 38.7 Å². The van der Waals surface area contributed by atoms with Crippen molar-refractivity contribution in [1.82, 2.24) is 4.98 Å². The zero-order valence-electron chi connectivity index (χ0n) is 14.8. The van der Waals surface area contributed by atoms with Crippen molar-refractivity contribution in [2.24, 2.45) is 0 Å². The molecule has 0 radical (unpaired) electrons. The number of benzene rings is 1. The topological polar surface area (TPSA) is 41.8 Å². The van der Waals surface area contributed by atoms with Crippen molar-refractivity contribution >= 4 is 16.7 Å². The molecule has 0 bridgehead atoms. The van der Waals surface area contributed by atoms with Crippen molar-refractivity contribution in [2.75, 3.05) is 5.73 Å². The standard InChI is InChI=1S/C20H32N2/c1-5-9-10-11-12-17-19-16(8-4)15(7-3)14(6-2)13-18(19)22-20(17)21/h13,22H,5-12,21H2,1-4H3. The summed E-state index contributed by atoms with van der Waals surface area (Å²) in [5.74, 6) is 0.886. The molecule has 1 aromatic carbocycles. The minimum Gasteiger partial charge on any atom is -0.385 e. The maximum absolute atomic E-state index is 6.32. The first-order valence-electron chi connectivity index (χ1n) is 9.11. The van der Waals surface area contributed by atoms with Gasteiger partial charge in [-0.3, -0.25) is 0 Å². The lowest BCUT2D eigenvalue weighted by Gasteiger charge is -2.14. The fourth-order valence-corrected chi connectivity index (χ4v) is 3.77. The van der Waals surface area contributed by atoms with Crippen LogP contribution in [0.1, 0.15) is 75.6 Å². The number of aryl methyl sites for hydroxylation is 3. The number of nitrogen functional groups attached to an aromatic ring is 1. The summed E-state index contributed by atoms with van der Waals surface area (Å²) in [5.41, 5.74) is 13.5. The Balaban J connectivity index is 2.50. The van der Waals surface area contributed by atoms with Crippen LogP contribution in [0.4, 0.5) is 5.82 Å². The van der Waals surface area contributed by atoms with Crippen molar-refractivity contribution in [1.29, 1.82) is 0 Å². The maximum atomic E-state index is 6.32. The summed E-state index contributed by atoms with van der Waals surface area (Å²) in [7, 11) is 0. The highest BCUT2D eigenvalue weighted by Crippen LogP contribution is 2.34. The van der Waals surface area contributed by atoms with Crippen LogP contribution in [0.5, 0.6) is 0 Å². The van der Waals surface area contributed by atoms with Gasteiger partial charge < -0.3 is 10.7 Å². The maximum Gasteiger partial charge on any atom is 0.104 e.